The summed E-state index contributed by atoms with van der Waals surface area (Å²) in [5, 5.41) is 12.1. The fraction of sp³-hybridized carbons (Fsp3) is 0.111. The van der Waals surface area contributed by atoms with Gasteiger partial charge >= 0.3 is 12.1 Å². The van der Waals surface area contributed by atoms with Gasteiger partial charge in [-0.3, -0.25) is 4.79 Å². The number of fused-ring (bicyclic) bond motifs is 1. The highest BCUT2D eigenvalue weighted by Crippen LogP contribution is 2.29. The van der Waals surface area contributed by atoms with Crippen molar-refractivity contribution in [2.75, 3.05) is 5.32 Å². The van der Waals surface area contributed by atoms with Crippen LogP contribution in [0.25, 0.3) is 10.9 Å². The SMILES string of the molecule is O=C(O)c1c[nH]c2ccc(NCc3cccc(C(F)(F)F)c3)cc2c1=O. The second-order valence-electron chi connectivity index (χ2n) is 5.65. The molecule has 0 amide bonds. The molecule has 8 heteroatoms. The quantitative estimate of drug-likeness (QED) is 0.658. The maximum absolute atomic E-state index is 12.7. The minimum Gasteiger partial charge on any atom is -0.477 e. The third kappa shape index (κ3) is 3.53. The molecule has 3 aromatic rings. The van der Waals surface area contributed by atoms with Crippen LogP contribution in [0.1, 0.15) is 21.5 Å². The zero-order valence-electron chi connectivity index (χ0n) is 13.2. The van der Waals surface area contributed by atoms with Crippen LogP contribution in [-0.4, -0.2) is 16.1 Å². The number of hydrogen-bond donors (Lipinski definition) is 3. The Balaban J connectivity index is 1.87. The van der Waals surface area contributed by atoms with Gasteiger partial charge in [0.15, 0.2) is 0 Å². The minimum atomic E-state index is -4.42. The molecule has 0 aliphatic carbocycles. The second kappa shape index (κ2) is 6.55. The average molecular weight is 362 g/mol. The molecule has 1 heterocycles. The molecule has 5 nitrogen and oxygen atoms in total. The van der Waals surface area contributed by atoms with Crippen molar-refractivity contribution in [3.63, 3.8) is 0 Å². The van der Waals surface area contributed by atoms with E-state index in [1.165, 1.54) is 12.1 Å². The number of carboxylic acids is 1. The molecule has 3 N–H and O–H groups in total. The molecule has 0 radical (unpaired) electrons. The summed E-state index contributed by atoms with van der Waals surface area (Å²) in [5.74, 6) is -1.34. The molecular formula is C18H13F3N2O3. The van der Waals surface area contributed by atoms with Crippen molar-refractivity contribution in [3.05, 3.63) is 75.6 Å². The molecule has 26 heavy (non-hydrogen) atoms. The van der Waals surface area contributed by atoms with Gasteiger partial charge in [-0.1, -0.05) is 12.1 Å². The van der Waals surface area contributed by atoms with Crippen LogP contribution in [-0.2, 0) is 12.7 Å². The van der Waals surface area contributed by atoms with Crippen molar-refractivity contribution in [1.82, 2.24) is 4.98 Å². The first kappa shape index (κ1) is 17.5. The molecular weight excluding hydrogens is 349 g/mol. The van der Waals surface area contributed by atoms with Gasteiger partial charge in [0, 0.05) is 29.3 Å². The summed E-state index contributed by atoms with van der Waals surface area (Å²) in [4.78, 5) is 26.0. The Morgan fingerprint density at radius 1 is 1.15 bits per heavy atom. The van der Waals surface area contributed by atoms with Gasteiger partial charge in [0.05, 0.1) is 5.56 Å². The standard InChI is InChI=1S/C18H13F3N2O3/c19-18(20,21)11-3-1-2-10(6-11)8-22-12-4-5-15-13(7-12)16(24)14(9-23-15)17(25)26/h1-7,9,22H,8H2,(H,23,24)(H,25,26). The number of aromatic amines is 1. The van der Waals surface area contributed by atoms with E-state index in [9.17, 15) is 22.8 Å². The third-order valence-corrected chi connectivity index (χ3v) is 3.86. The maximum atomic E-state index is 12.7. The van der Waals surface area contributed by atoms with Gasteiger partial charge in [0.1, 0.15) is 5.56 Å². The highest BCUT2D eigenvalue weighted by molar-refractivity contribution is 5.93. The number of nitrogens with one attached hydrogen (secondary N) is 2. The number of carbonyl (C=O) groups is 1. The van der Waals surface area contributed by atoms with Crippen LogP contribution >= 0.6 is 0 Å². The Bertz CT molecular complexity index is 1040. The van der Waals surface area contributed by atoms with Crippen molar-refractivity contribution in [1.29, 1.82) is 0 Å². The minimum absolute atomic E-state index is 0.117. The van der Waals surface area contributed by atoms with Crippen LogP contribution in [0.5, 0.6) is 0 Å². The fourth-order valence-electron chi connectivity index (χ4n) is 2.55. The summed E-state index contributed by atoms with van der Waals surface area (Å²) in [6.07, 6.45) is -3.29. The summed E-state index contributed by atoms with van der Waals surface area (Å²) in [5.41, 5.74) is -0.375. The number of pyridine rings is 1. The first-order chi connectivity index (χ1) is 12.3. The Kier molecular flexibility index (Phi) is 4.41. The first-order valence-electron chi connectivity index (χ1n) is 7.54. The van der Waals surface area contributed by atoms with Crippen LogP contribution in [0.3, 0.4) is 0 Å². The summed E-state index contributed by atoms with van der Waals surface area (Å²) in [6, 6.07) is 9.62. The molecule has 1 aromatic heterocycles. The number of carboxylic acid groups (broad SMARTS) is 1. The highest BCUT2D eigenvalue weighted by atomic mass is 19.4. The van der Waals surface area contributed by atoms with E-state index in [-0.39, 0.29) is 17.5 Å². The molecule has 0 saturated carbocycles. The molecule has 0 atom stereocenters. The van der Waals surface area contributed by atoms with Crippen molar-refractivity contribution in [2.24, 2.45) is 0 Å². The molecule has 0 fully saturated rings. The highest BCUT2D eigenvalue weighted by Gasteiger charge is 2.30. The van der Waals surface area contributed by atoms with Crippen molar-refractivity contribution in [3.8, 4) is 0 Å². The number of alkyl halides is 3. The van der Waals surface area contributed by atoms with Gasteiger partial charge in [0.2, 0.25) is 5.43 Å². The van der Waals surface area contributed by atoms with Gasteiger partial charge in [-0.15, -0.1) is 0 Å². The molecule has 0 bridgehead atoms. The molecule has 0 spiro atoms. The van der Waals surface area contributed by atoms with E-state index in [1.54, 1.807) is 18.2 Å². The molecule has 134 valence electrons. The van der Waals surface area contributed by atoms with Crippen molar-refractivity contribution >= 4 is 22.6 Å². The lowest BCUT2D eigenvalue weighted by atomic mass is 10.1. The lowest BCUT2D eigenvalue weighted by Gasteiger charge is -2.11. The van der Waals surface area contributed by atoms with Crippen LogP contribution < -0.4 is 10.7 Å². The van der Waals surface area contributed by atoms with E-state index in [1.807, 2.05) is 0 Å². The van der Waals surface area contributed by atoms with E-state index >= 15 is 0 Å². The predicted molar refractivity (Wildman–Crippen MR) is 90.3 cm³/mol. The zero-order chi connectivity index (χ0) is 18.9. The van der Waals surface area contributed by atoms with Crippen LogP contribution in [0.4, 0.5) is 18.9 Å². The molecule has 0 aliphatic rings. The van der Waals surface area contributed by atoms with Crippen molar-refractivity contribution in [2.45, 2.75) is 12.7 Å². The Morgan fingerprint density at radius 2 is 1.92 bits per heavy atom. The van der Waals surface area contributed by atoms with E-state index in [0.717, 1.165) is 18.3 Å². The van der Waals surface area contributed by atoms with Crippen molar-refractivity contribution < 1.29 is 23.1 Å². The lowest BCUT2D eigenvalue weighted by Crippen LogP contribution is -2.15. The number of benzene rings is 2. The molecule has 3 rings (SSSR count). The second-order valence-corrected chi connectivity index (χ2v) is 5.65. The number of anilines is 1. The number of hydrogen-bond acceptors (Lipinski definition) is 3. The van der Waals surface area contributed by atoms with Gasteiger partial charge in [0.25, 0.3) is 0 Å². The van der Waals surface area contributed by atoms with Crippen LogP contribution in [0, 0.1) is 0 Å². The van der Waals surface area contributed by atoms with Gasteiger partial charge in [-0.2, -0.15) is 13.2 Å². The van der Waals surface area contributed by atoms with E-state index in [2.05, 4.69) is 10.3 Å². The van der Waals surface area contributed by atoms with Crippen LogP contribution in [0.2, 0.25) is 0 Å². The monoisotopic (exact) mass is 362 g/mol. The van der Waals surface area contributed by atoms with E-state index in [4.69, 9.17) is 5.11 Å². The maximum Gasteiger partial charge on any atom is 0.416 e. The number of H-pyrrole nitrogens is 1. The Hall–Kier alpha value is -3.29. The lowest BCUT2D eigenvalue weighted by molar-refractivity contribution is -0.137. The molecule has 0 unspecified atom stereocenters. The number of halogens is 3. The molecule has 2 aromatic carbocycles. The average Bonchev–Trinajstić information content (AvgIpc) is 2.59. The largest absolute Gasteiger partial charge is 0.477 e. The van der Waals surface area contributed by atoms with Gasteiger partial charge in [-0.25, -0.2) is 4.79 Å². The van der Waals surface area contributed by atoms with E-state index in [0.29, 0.717) is 16.8 Å². The van der Waals surface area contributed by atoms with Gasteiger partial charge in [-0.05, 0) is 35.9 Å². The Labute approximate surface area is 145 Å². The summed E-state index contributed by atoms with van der Waals surface area (Å²) in [6.45, 7) is 0.117. The fourth-order valence-corrected chi connectivity index (χ4v) is 2.55. The topological polar surface area (TPSA) is 82.2 Å². The smallest absolute Gasteiger partial charge is 0.416 e. The Morgan fingerprint density at radius 3 is 2.62 bits per heavy atom. The number of aromatic nitrogens is 1. The third-order valence-electron chi connectivity index (χ3n) is 3.86. The van der Waals surface area contributed by atoms with Crippen LogP contribution in [0.15, 0.2) is 53.5 Å². The zero-order valence-corrected chi connectivity index (χ0v) is 13.2. The number of aromatic carboxylic acids is 1. The van der Waals surface area contributed by atoms with Gasteiger partial charge < -0.3 is 15.4 Å². The number of rotatable bonds is 4. The summed E-state index contributed by atoms with van der Waals surface area (Å²) >= 11 is 0. The predicted octanol–water partition coefficient (Wildman–Crippen LogP) is 3.86. The molecule has 0 aliphatic heterocycles. The normalized spacial score (nSPS) is 11.5. The summed E-state index contributed by atoms with van der Waals surface area (Å²) in [7, 11) is 0. The summed E-state index contributed by atoms with van der Waals surface area (Å²) < 4.78 is 38.2. The first-order valence-corrected chi connectivity index (χ1v) is 7.54. The molecule has 0 saturated heterocycles. The van der Waals surface area contributed by atoms with E-state index < -0.39 is 23.1 Å².